The molecule has 0 fully saturated rings. The number of aromatic amines is 1. The maximum Gasteiger partial charge on any atom is 0.114 e. The van der Waals surface area contributed by atoms with Crippen LogP contribution in [0.3, 0.4) is 0 Å². The molecule has 5 heteroatoms. The highest BCUT2D eigenvalue weighted by Crippen LogP contribution is 2.21. The van der Waals surface area contributed by atoms with E-state index in [2.05, 4.69) is 41.7 Å². The summed E-state index contributed by atoms with van der Waals surface area (Å²) in [5.41, 5.74) is 3.30. The molecule has 2 heterocycles. The highest BCUT2D eigenvalue weighted by Gasteiger charge is 2.08. The molecule has 0 saturated carbocycles. The topological polar surface area (TPSA) is 46.5 Å². The minimum absolute atomic E-state index is 0.791. The lowest BCUT2D eigenvalue weighted by molar-refractivity contribution is 0.845. The summed E-state index contributed by atoms with van der Waals surface area (Å²) in [6, 6.07) is 6.14. The Morgan fingerprint density at radius 1 is 1.41 bits per heavy atom. The molecular weight excluding hydrogens is 280 g/mol. The third-order valence-corrected chi connectivity index (χ3v) is 3.35. The molecule has 0 saturated heterocycles. The molecule has 1 aromatic carbocycles. The van der Waals surface area contributed by atoms with Crippen LogP contribution in [0.1, 0.15) is 11.4 Å². The first kappa shape index (κ1) is 10.5. The standard InChI is InChI=1S/C12H11BrN4/c1-17-11-3-2-9(13)5-10(11)16-12(17)4-8-6-14-15-7-8/h2-3,5-7H,4H2,1H3,(H,14,15). The largest absolute Gasteiger partial charge is 0.331 e. The Bertz CT molecular complexity index is 655. The maximum atomic E-state index is 4.64. The summed E-state index contributed by atoms with van der Waals surface area (Å²) < 4.78 is 3.17. The van der Waals surface area contributed by atoms with Gasteiger partial charge in [-0.05, 0) is 23.8 Å². The van der Waals surface area contributed by atoms with Gasteiger partial charge in [-0.25, -0.2) is 4.98 Å². The molecule has 1 N–H and O–H groups in total. The molecule has 0 aliphatic heterocycles. The normalized spacial score (nSPS) is 11.2. The zero-order valence-electron chi connectivity index (χ0n) is 9.31. The van der Waals surface area contributed by atoms with Crippen molar-refractivity contribution in [2.45, 2.75) is 6.42 Å². The molecule has 0 aliphatic carbocycles. The number of nitrogens with zero attached hydrogens (tertiary/aromatic N) is 3. The summed E-state index contributed by atoms with van der Waals surface area (Å²) in [5, 5.41) is 6.76. The van der Waals surface area contributed by atoms with Gasteiger partial charge >= 0.3 is 0 Å². The molecule has 86 valence electrons. The van der Waals surface area contributed by atoms with Crippen molar-refractivity contribution >= 4 is 27.0 Å². The van der Waals surface area contributed by atoms with Crippen molar-refractivity contribution in [2.24, 2.45) is 7.05 Å². The van der Waals surface area contributed by atoms with Crippen molar-refractivity contribution in [1.29, 1.82) is 0 Å². The summed E-state index contributed by atoms with van der Waals surface area (Å²) in [5.74, 6) is 1.04. The van der Waals surface area contributed by atoms with Crippen LogP contribution in [-0.2, 0) is 13.5 Å². The van der Waals surface area contributed by atoms with Gasteiger partial charge in [0, 0.05) is 24.1 Å². The highest BCUT2D eigenvalue weighted by atomic mass is 79.9. The van der Waals surface area contributed by atoms with E-state index in [1.165, 1.54) is 0 Å². The predicted octanol–water partition coefficient (Wildman–Crippen LogP) is 2.65. The number of H-pyrrole nitrogens is 1. The third-order valence-electron chi connectivity index (χ3n) is 2.85. The lowest BCUT2D eigenvalue weighted by Gasteiger charge is -1.99. The quantitative estimate of drug-likeness (QED) is 0.789. The van der Waals surface area contributed by atoms with Gasteiger partial charge in [0.2, 0.25) is 0 Å². The van der Waals surface area contributed by atoms with Gasteiger partial charge in [-0.2, -0.15) is 5.10 Å². The molecular formula is C12H11BrN4. The van der Waals surface area contributed by atoms with Gasteiger partial charge in [0.1, 0.15) is 5.82 Å². The van der Waals surface area contributed by atoms with Crippen LogP contribution in [0, 0.1) is 0 Å². The first-order valence-electron chi connectivity index (χ1n) is 5.32. The first-order chi connectivity index (χ1) is 8.24. The number of benzene rings is 1. The molecule has 0 atom stereocenters. The van der Waals surface area contributed by atoms with Gasteiger partial charge in [0.25, 0.3) is 0 Å². The minimum atomic E-state index is 0.791. The van der Waals surface area contributed by atoms with Crippen molar-refractivity contribution in [3.8, 4) is 0 Å². The molecule has 3 rings (SSSR count). The number of aromatic nitrogens is 4. The van der Waals surface area contributed by atoms with Crippen molar-refractivity contribution in [3.05, 3.63) is 46.5 Å². The van der Waals surface area contributed by atoms with E-state index >= 15 is 0 Å². The molecule has 0 unspecified atom stereocenters. The fraction of sp³-hybridized carbons (Fsp3) is 0.167. The van der Waals surface area contributed by atoms with Gasteiger partial charge in [-0.1, -0.05) is 15.9 Å². The van der Waals surface area contributed by atoms with E-state index in [1.54, 1.807) is 0 Å². The second-order valence-corrected chi connectivity index (χ2v) is 4.92. The molecule has 0 amide bonds. The van der Waals surface area contributed by atoms with Crippen LogP contribution in [0.5, 0.6) is 0 Å². The Morgan fingerprint density at radius 2 is 2.29 bits per heavy atom. The number of rotatable bonds is 2. The van der Waals surface area contributed by atoms with Crippen molar-refractivity contribution < 1.29 is 0 Å². The Hall–Kier alpha value is -1.62. The Balaban J connectivity index is 2.08. The fourth-order valence-corrected chi connectivity index (χ4v) is 2.29. The number of fused-ring (bicyclic) bond motifs is 1. The fourth-order valence-electron chi connectivity index (χ4n) is 1.94. The van der Waals surface area contributed by atoms with Gasteiger partial charge < -0.3 is 4.57 Å². The minimum Gasteiger partial charge on any atom is -0.331 e. The monoisotopic (exact) mass is 290 g/mol. The van der Waals surface area contributed by atoms with E-state index in [4.69, 9.17) is 0 Å². The van der Waals surface area contributed by atoms with E-state index in [1.807, 2.05) is 31.6 Å². The highest BCUT2D eigenvalue weighted by molar-refractivity contribution is 9.10. The molecule has 0 radical (unpaired) electrons. The summed E-state index contributed by atoms with van der Waals surface area (Å²) in [6.45, 7) is 0. The van der Waals surface area contributed by atoms with Crippen LogP contribution in [0.25, 0.3) is 11.0 Å². The SMILES string of the molecule is Cn1c(Cc2cn[nH]c2)nc2cc(Br)ccc21. The summed E-state index contributed by atoms with van der Waals surface area (Å²) in [4.78, 5) is 4.64. The maximum absolute atomic E-state index is 4.64. The number of aryl methyl sites for hydroxylation is 1. The summed E-state index contributed by atoms with van der Waals surface area (Å²) >= 11 is 3.46. The van der Waals surface area contributed by atoms with Crippen LogP contribution in [0.15, 0.2) is 35.1 Å². The number of imidazole rings is 1. The first-order valence-corrected chi connectivity index (χ1v) is 6.12. The van der Waals surface area contributed by atoms with Crippen LogP contribution < -0.4 is 0 Å². The van der Waals surface area contributed by atoms with Gasteiger partial charge in [0.15, 0.2) is 0 Å². The molecule has 0 bridgehead atoms. The second kappa shape index (κ2) is 4.00. The molecule has 2 aromatic heterocycles. The van der Waals surface area contributed by atoms with E-state index in [0.717, 1.165) is 33.3 Å². The Morgan fingerprint density at radius 3 is 3.06 bits per heavy atom. The van der Waals surface area contributed by atoms with Gasteiger partial charge in [0.05, 0.1) is 17.2 Å². The van der Waals surface area contributed by atoms with Gasteiger partial charge in [-0.15, -0.1) is 0 Å². The van der Waals surface area contributed by atoms with Gasteiger partial charge in [-0.3, -0.25) is 5.10 Å². The summed E-state index contributed by atoms with van der Waals surface area (Å²) in [6.07, 6.45) is 4.52. The molecule has 3 aromatic rings. The zero-order chi connectivity index (χ0) is 11.8. The average molecular weight is 291 g/mol. The second-order valence-electron chi connectivity index (χ2n) is 4.00. The van der Waals surface area contributed by atoms with E-state index in [-0.39, 0.29) is 0 Å². The van der Waals surface area contributed by atoms with Crippen LogP contribution >= 0.6 is 15.9 Å². The smallest absolute Gasteiger partial charge is 0.114 e. The molecule has 0 spiro atoms. The van der Waals surface area contributed by atoms with Crippen LogP contribution in [0.2, 0.25) is 0 Å². The van der Waals surface area contributed by atoms with E-state index < -0.39 is 0 Å². The van der Waals surface area contributed by atoms with Crippen molar-refractivity contribution in [1.82, 2.24) is 19.7 Å². The Labute approximate surface area is 107 Å². The predicted molar refractivity (Wildman–Crippen MR) is 69.8 cm³/mol. The average Bonchev–Trinajstić information content (AvgIpc) is 2.89. The van der Waals surface area contributed by atoms with E-state index in [9.17, 15) is 0 Å². The molecule has 0 aliphatic rings. The Kier molecular flexibility index (Phi) is 2.48. The molecule has 17 heavy (non-hydrogen) atoms. The number of nitrogens with one attached hydrogen (secondary N) is 1. The van der Waals surface area contributed by atoms with Crippen molar-refractivity contribution in [3.63, 3.8) is 0 Å². The third kappa shape index (κ3) is 1.86. The number of hydrogen-bond acceptors (Lipinski definition) is 2. The number of hydrogen-bond donors (Lipinski definition) is 1. The van der Waals surface area contributed by atoms with Crippen LogP contribution in [0.4, 0.5) is 0 Å². The molecule has 4 nitrogen and oxygen atoms in total. The lowest BCUT2D eigenvalue weighted by Crippen LogP contribution is -1.98. The zero-order valence-corrected chi connectivity index (χ0v) is 10.9. The van der Waals surface area contributed by atoms with Crippen molar-refractivity contribution in [2.75, 3.05) is 0 Å². The van der Waals surface area contributed by atoms with Crippen LogP contribution in [-0.4, -0.2) is 19.7 Å². The lowest BCUT2D eigenvalue weighted by atomic mass is 10.2. The van der Waals surface area contributed by atoms with E-state index in [0.29, 0.717) is 0 Å². The number of halogens is 1. The summed E-state index contributed by atoms with van der Waals surface area (Å²) in [7, 11) is 2.04.